The Hall–Kier alpha value is -3.65. The number of hydrogen-bond donors (Lipinski definition) is 1. The molecule has 3 rings (SSSR count). The lowest BCUT2D eigenvalue weighted by Gasteiger charge is -2.07. The van der Waals surface area contributed by atoms with Crippen LogP contribution < -0.4 is 14.3 Å². The number of hydrazone groups is 1. The molecule has 8 heteroatoms. The van der Waals surface area contributed by atoms with Gasteiger partial charge in [-0.25, -0.2) is 5.43 Å². The van der Waals surface area contributed by atoms with Crippen molar-refractivity contribution in [1.29, 1.82) is 0 Å². The zero-order chi connectivity index (χ0) is 25.6. The van der Waals surface area contributed by atoms with Crippen molar-refractivity contribution in [2.24, 2.45) is 5.10 Å². The first-order valence-electron chi connectivity index (χ1n) is 12.1. The lowest BCUT2D eigenvalue weighted by Crippen LogP contribution is -2.17. The predicted octanol–water partition coefficient (Wildman–Crippen LogP) is 5.96. The van der Waals surface area contributed by atoms with Crippen LogP contribution in [0.1, 0.15) is 61.4 Å². The summed E-state index contributed by atoms with van der Waals surface area (Å²) in [5.41, 5.74) is 3.61. The minimum Gasteiger partial charge on any atom is -0.494 e. The van der Waals surface area contributed by atoms with E-state index in [2.05, 4.69) is 17.5 Å². The van der Waals surface area contributed by atoms with Gasteiger partial charge in [-0.1, -0.05) is 57.2 Å². The number of hydrogen-bond acceptors (Lipinski definition) is 6. The Labute approximate surface area is 213 Å². The summed E-state index contributed by atoms with van der Waals surface area (Å²) in [5.74, 6) is 0.571. The summed E-state index contributed by atoms with van der Waals surface area (Å²) in [6, 6.07) is 21.2. The lowest BCUT2D eigenvalue weighted by atomic mass is 10.1. The maximum Gasteiger partial charge on any atom is 0.339 e. The van der Waals surface area contributed by atoms with Gasteiger partial charge in [0.25, 0.3) is 5.91 Å². The van der Waals surface area contributed by atoms with Crippen molar-refractivity contribution in [2.45, 2.75) is 50.3 Å². The Morgan fingerprint density at radius 2 is 1.47 bits per heavy atom. The Balaban J connectivity index is 1.43. The minimum absolute atomic E-state index is 0.0794. The largest absolute Gasteiger partial charge is 0.494 e. The molecule has 0 aliphatic carbocycles. The summed E-state index contributed by atoms with van der Waals surface area (Å²) in [7, 11) is -3.90. The number of nitrogens with one attached hydrogen (secondary N) is 1. The Morgan fingerprint density at radius 1 is 0.833 bits per heavy atom. The summed E-state index contributed by atoms with van der Waals surface area (Å²) >= 11 is 0. The van der Waals surface area contributed by atoms with Gasteiger partial charge in [-0.05, 0) is 72.6 Å². The number of unbranched alkanes of at least 4 members (excludes halogenated alkanes) is 5. The third kappa shape index (κ3) is 8.85. The number of ether oxygens (including phenoxy) is 1. The fraction of sp³-hybridized carbons (Fsp3) is 0.286. The van der Waals surface area contributed by atoms with Gasteiger partial charge in [0.1, 0.15) is 16.4 Å². The van der Waals surface area contributed by atoms with E-state index in [0.29, 0.717) is 17.7 Å². The van der Waals surface area contributed by atoms with E-state index >= 15 is 0 Å². The average molecular weight is 509 g/mol. The maximum atomic E-state index is 12.3. The summed E-state index contributed by atoms with van der Waals surface area (Å²) in [6.07, 6.45) is 8.71. The number of carbonyl (C=O) groups is 1. The number of benzene rings is 3. The predicted molar refractivity (Wildman–Crippen MR) is 141 cm³/mol. The van der Waals surface area contributed by atoms with E-state index in [1.54, 1.807) is 54.6 Å². The second-order valence-electron chi connectivity index (χ2n) is 8.26. The highest BCUT2D eigenvalue weighted by molar-refractivity contribution is 7.87. The summed E-state index contributed by atoms with van der Waals surface area (Å²) < 4.78 is 35.5. The third-order valence-corrected chi connectivity index (χ3v) is 6.64. The molecule has 7 nitrogen and oxygen atoms in total. The number of rotatable bonds is 14. The van der Waals surface area contributed by atoms with E-state index in [0.717, 1.165) is 12.2 Å². The fourth-order valence-corrected chi connectivity index (χ4v) is 4.33. The molecule has 0 aliphatic heterocycles. The van der Waals surface area contributed by atoms with E-state index < -0.39 is 10.1 Å². The van der Waals surface area contributed by atoms with Crippen LogP contribution in [-0.2, 0) is 10.1 Å². The van der Waals surface area contributed by atoms with E-state index in [-0.39, 0.29) is 16.6 Å². The van der Waals surface area contributed by atoms with Crippen molar-refractivity contribution in [3.05, 3.63) is 90.0 Å². The van der Waals surface area contributed by atoms with Crippen LogP contribution in [-0.4, -0.2) is 27.1 Å². The first-order chi connectivity index (χ1) is 17.5. The maximum absolute atomic E-state index is 12.3. The second-order valence-corrected chi connectivity index (χ2v) is 9.81. The molecular formula is C28H32N2O5S. The highest BCUT2D eigenvalue weighted by Gasteiger charge is 2.15. The second kappa shape index (κ2) is 14.0. The van der Waals surface area contributed by atoms with E-state index in [9.17, 15) is 13.2 Å². The van der Waals surface area contributed by atoms with E-state index in [4.69, 9.17) is 8.92 Å². The summed E-state index contributed by atoms with van der Waals surface area (Å²) in [6.45, 7) is 2.88. The first kappa shape index (κ1) is 26.9. The Morgan fingerprint density at radius 3 is 2.17 bits per heavy atom. The van der Waals surface area contributed by atoms with Gasteiger partial charge < -0.3 is 8.92 Å². The normalized spacial score (nSPS) is 11.4. The first-order valence-corrected chi connectivity index (χ1v) is 13.5. The van der Waals surface area contributed by atoms with E-state index in [1.807, 2.05) is 0 Å². The molecule has 0 heterocycles. The molecule has 1 amide bonds. The van der Waals surface area contributed by atoms with Crippen LogP contribution in [0.15, 0.2) is 88.9 Å². The van der Waals surface area contributed by atoms with Gasteiger partial charge in [-0.3, -0.25) is 4.79 Å². The lowest BCUT2D eigenvalue weighted by molar-refractivity contribution is 0.0955. The van der Waals surface area contributed by atoms with Crippen molar-refractivity contribution in [1.82, 2.24) is 5.43 Å². The van der Waals surface area contributed by atoms with Crippen LogP contribution in [0, 0.1) is 0 Å². The van der Waals surface area contributed by atoms with Gasteiger partial charge in [-0.2, -0.15) is 13.5 Å². The zero-order valence-corrected chi connectivity index (χ0v) is 21.2. The number of carbonyl (C=O) groups excluding carboxylic acids is 1. The van der Waals surface area contributed by atoms with Gasteiger partial charge in [0.05, 0.1) is 12.8 Å². The number of nitrogens with zero attached hydrogens (tertiary/aromatic N) is 1. The SMILES string of the molecule is CCCCCCCCOc1ccc(C(=O)NN=Cc2ccc(OS(=O)(=O)c3ccccc3)cc2)cc1. The highest BCUT2D eigenvalue weighted by atomic mass is 32.2. The van der Waals surface area contributed by atoms with Gasteiger partial charge in [0.15, 0.2) is 0 Å². The van der Waals surface area contributed by atoms with Gasteiger partial charge in [-0.15, -0.1) is 0 Å². The molecule has 0 saturated heterocycles. The summed E-state index contributed by atoms with van der Waals surface area (Å²) in [4.78, 5) is 12.4. The van der Waals surface area contributed by atoms with Crippen LogP contribution in [0.25, 0.3) is 0 Å². The van der Waals surface area contributed by atoms with Crippen LogP contribution in [0.2, 0.25) is 0 Å². The molecular weight excluding hydrogens is 476 g/mol. The Bertz CT molecular complexity index is 1210. The van der Waals surface area contributed by atoms with Crippen molar-refractivity contribution >= 4 is 22.2 Å². The van der Waals surface area contributed by atoms with E-state index in [1.165, 1.54) is 62.6 Å². The van der Waals surface area contributed by atoms with Crippen LogP contribution in [0.3, 0.4) is 0 Å². The molecule has 0 bridgehead atoms. The van der Waals surface area contributed by atoms with Crippen molar-refractivity contribution in [3.8, 4) is 11.5 Å². The zero-order valence-electron chi connectivity index (χ0n) is 20.4. The van der Waals surface area contributed by atoms with Crippen molar-refractivity contribution in [3.63, 3.8) is 0 Å². The van der Waals surface area contributed by atoms with Crippen molar-refractivity contribution in [2.75, 3.05) is 6.61 Å². The highest BCUT2D eigenvalue weighted by Crippen LogP contribution is 2.19. The average Bonchev–Trinajstić information content (AvgIpc) is 2.90. The smallest absolute Gasteiger partial charge is 0.339 e. The van der Waals surface area contributed by atoms with Crippen molar-refractivity contribution < 1.29 is 22.1 Å². The molecule has 1 N–H and O–H groups in total. The quantitative estimate of drug-likeness (QED) is 0.126. The van der Waals surface area contributed by atoms with Gasteiger partial charge in [0.2, 0.25) is 0 Å². The molecule has 0 atom stereocenters. The molecule has 0 aliphatic rings. The molecule has 0 aromatic heterocycles. The molecule has 0 unspecified atom stereocenters. The fourth-order valence-electron chi connectivity index (χ4n) is 3.38. The molecule has 190 valence electrons. The molecule has 3 aromatic rings. The molecule has 0 saturated carbocycles. The van der Waals surface area contributed by atoms with Gasteiger partial charge >= 0.3 is 10.1 Å². The molecule has 36 heavy (non-hydrogen) atoms. The molecule has 0 radical (unpaired) electrons. The van der Waals surface area contributed by atoms with Crippen LogP contribution in [0.5, 0.6) is 11.5 Å². The minimum atomic E-state index is -3.90. The molecule has 3 aromatic carbocycles. The van der Waals surface area contributed by atoms with Crippen LogP contribution >= 0.6 is 0 Å². The van der Waals surface area contributed by atoms with Gasteiger partial charge in [0, 0.05) is 5.56 Å². The standard InChI is InChI=1S/C28H32N2O5S/c1-2-3-4-5-6-10-21-34-25-19-15-24(16-20-25)28(31)30-29-22-23-13-17-26(18-14-23)35-36(32,33)27-11-8-7-9-12-27/h7-9,11-20,22H,2-6,10,21H2,1H3,(H,30,31). The molecule has 0 fully saturated rings. The Kier molecular flexibility index (Phi) is 10.5. The third-order valence-electron chi connectivity index (χ3n) is 5.38. The number of amides is 1. The molecule has 0 spiro atoms. The topological polar surface area (TPSA) is 94.1 Å². The monoisotopic (exact) mass is 508 g/mol. The summed E-state index contributed by atoms with van der Waals surface area (Å²) in [5, 5.41) is 3.97. The van der Waals surface area contributed by atoms with Crippen LogP contribution in [0.4, 0.5) is 0 Å².